The molecule has 3 rings (SSSR count). The molecule has 0 aliphatic heterocycles. The van der Waals surface area contributed by atoms with Gasteiger partial charge in [-0.2, -0.15) is 0 Å². The molecule has 0 fully saturated rings. The van der Waals surface area contributed by atoms with Crippen LogP contribution in [0.1, 0.15) is 31.3 Å². The minimum Gasteiger partial charge on any atom is -0.478 e. The first-order valence-electron chi connectivity index (χ1n) is 6.02. The van der Waals surface area contributed by atoms with Crippen molar-refractivity contribution in [2.75, 3.05) is 0 Å². The summed E-state index contributed by atoms with van der Waals surface area (Å²) in [6.07, 6.45) is 0. The molecule has 0 saturated carbocycles. The molecule has 2 heterocycles. The van der Waals surface area contributed by atoms with E-state index in [4.69, 9.17) is 0 Å². The first-order valence-corrected chi connectivity index (χ1v) is 6.90. The van der Waals surface area contributed by atoms with Crippen molar-refractivity contribution in [1.29, 1.82) is 0 Å². The van der Waals surface area contributed by atoms with Gasteiger partial charge in [-0.05, 0) is 23.9 Å². The Morgan fingerprint density at radius 2 is 2.00 bits per heavy atom. The normalized spacial score (nSPS) is 10.8. The highest BCUT2D eigenvalue weighted by atomic mass is 32.1. The van der Waals surface area contributed by atoms with Crippen molar-refractivity contribution in [3.05, 3.63) is 57.4 Å². The summed E-state index contributed by atoms with van der Waals surface area (Å²) in [5.74, 6) is -1.38. The van der Waals surface area contributed by atoms with E-state index in [0.717, 1.165) is 5.56 Å². The third-order valence-corrected chi connectivity index (χ3v) is 4.10. The monoisotopic (exact) mass is 285 g/mol. The molecule has 20 heavy (non-hydrogen) atoms. The standard InChI is InChI=1S/C15H11NO3S/c1-8-4-2-5-9-11(15(18)19)13(16-12(8)9)14(17)10-6-3-7-20-10/h2-7,16H,1H3,(H,18,19). The number of fused-ring (bicyclic) bond motifs is 1. The van der Waals surface area contributed by atoms with Crippen LogP contribution in [-0.2, 0) is 0 Å². The maximum atomic E-state index is 12.4. The number of aryl methyl sites for hydroxylation is 1. The second kappa shape index (κ2) is 4.61. The van der Waals surface area contributed by atoms with Gasteiger partial charge in [-0.25, -0.2) is 4.79 Å². The fourth-order valence-corrected chi connectivity index (χ4v) is 2.96. The van der Waals surface area contributed by atoms with Crippen LogP contribution in [0.4, 0.5) is 0 Å². The van der Waals surface area contributed by atoms with Gasteiger partial charge in [-0.1, -0.05) is 24.3 Å². The van der Waals surface area contributed by atoms with Crippen LogP contribution >= 0.6 is 11.3 Å². The molecule has 0 spiro atoms. The lowest BCUT2D eigenvalue weighted by Crippen LogP contribution is -2.07. The summed E-state index contributed by atoms with van der Waals surface area (Å²) in [6, 6.07) is 8.85. The van der Waals surface area contributed by atoms with Crippen LogP contribution in [0.15, 0.2) is 35.7 Å². The van der Waals surface area contributed by atoms with Crippen molar-refractivity contribution in [2.24, 2.45) is 0 Å². The van der Waals surface area contributed by atoms with Crippen molar-refractivity contribution < 1.29 is 14.7 Å². The Labute approximate surface area is 118 Å². The van der Waals surface area contributed by atoms with E-state index in [9.17, 15) is 14.7 Å². The Kier molecular flexibility index (Phi) is 2.91. The van der Waals surface area contributed by atoms with Crippen LogP contribution in [-0.4, -0.2) is 21.8 Å². The molecular formula is C15H11NO3S. The van der Waals surface area contributed by atoms with Crippen LogP contribution in [0.2, 0.25) is 0 Å². The highest BCUT2D eigenvalue weighted by Crippen LogP contribution is 2.27. The lowest BCUT2D eigenvalue weighted by Gasteiger charge is -1.97. The number of aromatic amines is 1. The third-order valence-electron chi connectivity index (χ3n) is 3.23. The number of rotatable bonds is 3. The Morgan fingerprint density at radius 1 is 1.20 bits per heavy atom. The molecular weight excluding hydrogens is 274 g/mol. The molecule has 100 valence electrons. The van der Waals surface area contributed by atoms with Gasteiger partial charge < -0.3 is 10.1 Å². The molecule has 0 unspecified atom stereocenters. The number of aromatic carboxylic acids is 1. The van der Waals surface area contributed by atoms with E-state index in [1.807, 2.05) is 13.0 Å². The molecule has 0 radical (unpaired) electrons. The summed E-state index contributed by atoms with van der Waals surface area (Å²) in [6.45, 7) is 1.88. The zero-order chi connectivity index (χ0) is 14.3. The predicted molar refractivity (Wildman–Crippen MR) is 77.7 cm³/mol. The summed E-state index contributed by atoms with van der Waals surface area (Å²) in [5, 5.41) is 11.8. The van der Waals surface area contributed by atoms with Crippen molar-refractivity contribution in [2.45, 2.75) is 6.92 Å². The molecule has 0 atom stereocenters. The number of carbonyl (C=O) groups is 2. The summed E-state index contributed by atoms with van der Waals surface area (Å²) in [4.78, 5) is 27.4. The van der Waals surface area contributed by atoms with E-state index in [1.165, 1.54) is 11.3 Å². The lowest BCUT2D eigenvalue weighted by atomic mass is 10.1. The van der Waals surface area contributed by atoms with Gasteiger partial charge in [0.25, 0.3) is 0 Å². The van der Waals surface area contributed by atoms with Crippen molar-refractivity contribution >= 4 is 34.0 Å². The number of carboxylic acid groups (broad SMARTS) is 1. The third kappa shape index (κ3) is 1.83. The molecule has 3 aromatic rings. The van der Waals surface area contributed by atoms with Gasteiger partial charge in [0.05, 0.1) is 10.4 Å². The van der Waals surface area contributed by atoms with Gasteiger partial charge in [-0.3, -0.25) is 4.79 Å². The first-order chi connectivity index (χ1) is 9.59. The maximum Gasteiger partial charge on any atom is 0.338 e. The Balaban J connectivity index is 2.30. The number of H-pyrrole nitrogens is 1. The number of hydrogen-bond donors (Lipinski definition) is 2. The van der Waals surface area contributed by atoms with Gasteiger partial charge in [0.15, 0.2) is 0 Å². The second-order valence-corrected chi connectivity index (χ2v) is 5.43. The van der Waals surface area contributed by atoms with Gasteiger partial charge in [0, 0.05) is 10.9 Å². The molecule has 1 aromatic carbocycles. The molecule has 0 aliphatic rings. The largest absolute Gasteiger partial charge is 0.478 e. The molecule has 4 nitrogen and oxygen atoms in total. The fourth-order valence-electron chi connectivity index (χ4n) is 2.29. The van der Waals surface area contributed by atoms with Crippen LogP contribution in [0, 0.1) is 6.92 Å². The average Bonchev–Trinajstić information content (AvgIpc) is 3.05. The number of nitrogens with one attached hydrogen (secondary N) is 1. The summed E-state index contributed by atoms with van der Waals surface area (Å²) in [5.41, 5.74) is 1.80. The van der Waals surface area contributed by atoms with Crippen molar-refractivity contribution in [3.8, 4) is 0 Å². The van der Waals surface area contributed by atoms with E-state index in [1.54, 1.807) is 29.6 Å². The number of para-hydroxylation sites is 1. The number of thiophene rings is 1. The first kappa shape index (κ1) is 12.6. The van der Waals surface area contributed by atoms with Gasteiger partial charge in [-0.15, -0.1) is 11.3 Å². The van der Waals surface area contributed by atoms with E-state index in [-0.39, 0.29) is 17.0 Å². The maximum absolute atomic E-state index is 12.4. The number of hydrogen-bond acceptors (Lipinski definition) is 3. The van der Waals surface area contributed by atoms with Crippen LogP contribution in [0.25, 0.3) is 10.9 Å². The minimum atomic E-state index is -1.10. The molecule has 0 amide bonds. The summed E-state index contributed by atoms with van der Waals surface area (Å²) >= 11 is 1.30. The highest BCUT2D eigenvalue weighted by molar-refractivity contribution is 7.12. The van der Waals surface area contributed by atoms with E-state index >= 15 is 0 Å². The molecule has 0 saturated heterocycles. The minimum absolute atomic E-state index is 0.0436. The Bertz CT molecular complexity index is 815. The van der Waals surface area contributed by atoms with Crippen LogP contribution in [0.5, 0.6) is 0 Å². The Hall–Kier alpha value is -2.40. The van der Waals surface area contributed by atoms with Gasteiger partial charge in [0.2, 0.25) is 5.78 Å². The van der Waals surface area contributed by atoms with Crippen LogP contribution < -0.4 is 0 Å². The van der Waals surface area contributed by atoms with Crippen LogP contribution in [0.3, 0.4) is 0 Å². The van der Waals surface area contributed by atoms with E-state index in [0.29, 0.717) is 15.8 Å². The number of carboxylic acids is 1. The molecule has 5 heteroatoms. The summed E-state index contributed by atoms with van der Waals surface area (Å²) < 4.78 is 0. The molecule has 2 aromatic heterocycles. The number of benzene rings is 1. The zero-order valence-corrected chi connectivity index (χ0v) is 11.5. The SMILES string of the molecule is Cc1cccc2c(C(=O)O)c(C(=O)c3cccs3)[nH]c12. The summed E-state index contributed by atoms with van der Waals surface area (Å²) in [7, 11) is 0. The average molecular weight is 285 g/mol. The highest BCUT2D eigenvalue weighted by Gasteiger charge is 2.24. The van der Waals surface area contributed by atoms with Gasteiger partial charge >= 0.3 is 5.97 Å². The fraction of sp³-hybridized carbons (Fsp3) is 0.0667. The van der Waals surface area contributed by atoms with E-state index < -0.39 is 5.97 Å². The van der Waals surface area contributed by atoms with Crippen molar-refractivity contribution in [1.82, 2.24) is 4.98 Å². The number of ketones is 1. The molecule has 2 N–H and O–H groups in total. The smallest absolute Gasteiger partial charge is 0.338 e. The zero-order valence-electron chi connectivity index (χ0n) is 10.6. The van der Waals surface area contributed by atoms with Gasteiger partial charge in [0.1, 0.15) is 5.69 Å². The number of aromatic nitrogens is 1. The molecule has 0 aliphatic carbocycles. The number of carbonyl (C=O) groups excluding carboxylic acids is 1. The topological polar surface area (TPSA) is 70.2 Å². The van der Waals surface area contributed by atoms with Crippen molar-refractivity contribution in [3.63, 3.8) is 0 Å². The Morgan fingerprint density at radius 3 is 2.65 bits per heavy atom. The lowest BCUT2D eigenvalue weighted by molar-refractivity contribution is 0.0695. The van der Waals surface area contributed by atoms with E-state index in [2.05, 4.69) is 4.98 Å². The second-order valence-electron chi connectivity index (χ2n) is 4.48. The quantitative estimate of drug-likeness (QED) is 0.724. The molecule has 0 bridgehead atoms. The predicted octanol–water partition coefficient (Wildman–Crippen LogP) is 3.47.